The van der Waals surface area contributed by atoms with Gasteiger partial charge in [0.15, 0.2) is 0 Å². The SMILES string of the molecule is CCCC(C)(O)Cc1ccc(I)cc1. The summed E-state index contributed by atoms with van der Waals surface area (Å²) in [5.41, 5.74) is 0.658. The maximum Gasteiger partial charge on any atom is 0.0659 e. The number of benzene rings is 1. The highest BCUT2D eigenvalue weighted by Crippen LogP contribution is 2.19. The Kier molecular flexibility index (Phi) is 4.38. The van der Waals surface area contributed by atoms with Gasteiger partial charge in [0.2, 0.25) is 0 Å². The minimum absolute atomic E-state index is 0.554. The minimum Gasteiger partial charge on any atom is -0.390 e. The van der Waals surface area contributed by atoms with E-state index >= 15 is 0 Å². The summed E-state index contributed by atoms with van der Waals surface area (Å²) < 4.78 is 1.24. The normalized spacial score (nSPS) is 15.1. The Morgan fingerprint density at radius 3 is 2.36 bits per heavy atom. The number of hydrogen-bond acceptors (Lipinski definition) is 1. The van der Waals surface area contributed by atoms with Gasteiger partial charge in [-0.1, -0.05) is 25.5 Å². The lowest BCUT2D eigenvalue weighted by molar-refractivity contribution is 0.0505. The first-order valence-electron chi connectivity index (χ1n) is 5.00. The molecule has 0 heterocycles. The van der Waals surface area contributed by atoms with Crippen molar-refractivity contribution >= 4 is 22.6 Å². The molecule has 0 spiro atoms. The summed E-state index contributed by atoms with van der Waals surface area (Å²) in [5.74, 6) is 0. The van der Waals surface area contributed by atoms with Crippen LogP contribution in [-0.4, -0.2) is 10.7 Å². The van der Waals surface area contributed by atoms with Gasteiger partial charge in [-0.25, -0.2) is 0 Å². The van der Waals surface area contributed by atoms with E-state index in [1.54, 1.807) is 0 Å². The molecule has 78 valence electrons. The van der Waals surface area contributed by atoms with Crippen molar-refractivity contribution in [3.8, 4) is 0 Å². The first-order valence-corrected chi connectivity index (χ1v) is 6.08. The van der Waals surface area contributed by atoms with Crippen LogP contribution in [0.25, 0.3) is 0 Å². The number of rotatable bonds is 4. The van der Waals surface area contributed by atoms with Crippen molar-refractivity contribution in [1.82, 2.24) is 0 Å². The largest absolute Gasteiger partial charge is 0.390 e. The molecular formula is C12H17IO. The maximum atomic E-state index is 10.0. The third kappa shape index (κ3) is 3.96. The fourth-order valence-electron chi connectivity index (χ4n) is 1.67. The quantitative estimate of drug-likeness (QED) is 0.846. The molecule has 0 aliphatic rings. The Morgan fingerprint density at radius 2 is 1.86 bits per heavy atom. The van der Waals surface area contributed by atoms with Crippen LogP contribution in [0.5, 0.6) is 0 Å². The molecule has 1 N–H and O–H groups in total. The predicted octanol–water partition coefficient (Wildman–Crippen LogP) is 3.38. The molecule has 0 amide bonds. The second kappa shape index (κ2) is 5.12. The molecule has 2 heteroatoms. The van der Waals surface area contributed by atoms with Crippen molar-refractivity contribution in [2.45, 2.75) is 38.7 Å². The average Bonchev–Trinajstić information content (AvgIpc) is 2.08. The molecule has 1 nitrogen and oxygen atoms in total. The first-order chi connectivity index (χ1) is 6.53. The maximum absolute atomic E-state index is 10.0. The van der Waals surface area contributed by atoms with E-state index in [2.05, 4.69) is 53.8 Å². The summed E-state index contributed by atoms with van der Waals surface area (Å²) in [6.45, 7) is 4.01. The van der Waals surface area contributed by atoms with E-state index in [0.717, 1.165) is 19.3 Å². The van der Waals surface area contributed by atoms with Gasteiger partial charge in [-0.2, -0.15) is 0 Å². The number of aliphatic hydroxyl groups is 1. The number of hydrogen-bond donors (Lipinski definition) is 1. The third-order valence-corrected chi connectivity index (χ3v) is 3.01. The van der Waals surface area contributed by atoms with Gasteiger partial charge in [0, 0.05) is 9.99 Å². The highest BCUT2D eigenvalue weighted by Gasteiger charge is 2.19. The highest BCUT2D eigenvalue weighted by atomic mass is 127. The van der Waals surface area contributed by atoms with Crippen LogP contribution in [0.2, 0.25) is 0 Å². The minimum atomic E-state index is -0.554. The summed E-state index contributed by atoms with van der Waals surface area (Å²) in [6, 6.07) is 8.34. The Morgan fingerprint density at radius 1 is 1.29 bits per heavy atom. The fraction of sp³-hybridized carbons (Fsp3) is 0.500. The van der Waals surface area contributed by atoms with Gasteiger partial charge in [-0.3, -0.25) is 0 Å². The summed E-state index contributed by atoms with van der Waals surface area (Å²) in [7, 11) is 0. The van der Waals surface area contributed by atoms with Crippen LogP contribution in [-0.2, 0) is 6.42 Å². The summed E-state index contributed by atoms with van der Waals surface area (Å²) in [5, 5.41) is 10.0. The number of halogens is 1. The van der Waals surface area contributed by atoms with Crippen molar-refractivity contribution in [2.75, 3.05) is 0 Å². The van der Waals surface area contributed by atoms with E-state index in [4.69, 9.17) is 0 Å². The lowest BCUT2D eigenvalue weighted by Gasteiger charge is -2.22. The third-order valence-electron chi connectivity index (χ3n) is 2.29. The van der Waals surface area contributed by atoms with Crippen molar-refractivity contribution < 1.29 is 5.11 Å². The van der Waals surface area contributed by atoms with Crippen LogP contribution in [0.3, 0.4) is 0 Å². The molecule has 0 aliphatic heterocycles. The van der Waals surface area contributed by atoms with E-state index in [1.165, 1.54) is 9.13 Å². The molecule has 0 bridgehead atoms. The van der Waals surface area contributed by atoms with Crippen molar-refractivity contribution in [3.05, 3.63) is 33.4 Å². The molecule has 0 radical (unpaired) electrons. The average molecular weight is 304 g/mol. The van der Waals surface area contributed by atoms with E-state index in [9.17, 15) is 5.11 Å². The van der Waals surface area contributed by atoms with Gasteiger partial charge in [0.1, 0.15) is 0 Å². The van der Waals surface area contributed by atoms with Crippen LogP contribution in [0.4, 0.5) is 0 Å². The smallest absolute Gasteiger partial charge is 0.0659 e. The topological polar surface area (TPSA) is 20.2 Å². The van der Waals surface area contributed by atoms with Crippen LogP contribution in [0.1, 0.15) is 32.3 Å². The second-order valence-corrected chi connectivity index (χ2v) is 5.30. The zero-order valence-corrected chi connectivity index (χ0v) is 10.9. The lowest BCUT2D eigenvalue weighted by Crippen LogP contribution is -2.26. The summed E-state index contributed by atoms with van der Waals surface area (Å²) >= 11 is 2.29. The standard InChI is InChI=1S/C12H17IO/c1-3-8-12(2,14)9-10-4-6-11(13)7-5-10/h4-7,14H,3,8-9H2,1-2H3. The monoisotopic (exact) mass is 304 g/mol. The molecular weight excluding hydrogens is 287 g/mol. The molecule has 1 aromatic rings. The van der Waals surface area contributed by atoms with E-state index in [0.29, 0.717) is 0 Å². The molecule has 0 fully saturated rings. The molecule has 1 rings (SSSR count). The van der Waals surface area contributed by atoms with E-state index in [1.807, 2.05) is 6.92 Å². The summed E-state index contributed by atoms with van der Waals surface area (Å²) in [4.78, 5) is 0. The van der Waals surface area contributed by atoms with Crippen LogP contribution >= 0.6 is 22.6 Å². The van der Waals surface area contributed by atoms with Gasteiger partial charge in [-0.05, 0) is 53.6 Å². The zero-order chi connectivity index (χ0) is 10.6. The molecule has 1 unspecified atom stereocenters. The highest BCUT2D eigenvalue weighted by molar-refractivity contribution is 14.1. The first kappa shape index (κ1) is 12.0. The van der Waals surface area contributed by atoms with Gasteiger partial charge in [0.25, 0.3) is 0 Å². The molecule has 14 heavy (non-hydrogen) atoms. The predicted molar refractivity (Wildman–Crippen MR) is 68.4 cm³/mol. The zero-order valence-electron chi connectivity index (χ0n) is 8.76. The molecule has 1 aromatic carbocycles. The second-order valence-electron chi connectivity index (χ2n) is 4.05. The Hall–Kier alpha value is -0.0900. The van der Waals surface area contributed by atoms with Gasteiger partial charge >= 0.3 is 0 Å². The summed E-state index contributed by atoms with van der Waals surface area (Å²) in [6.07, 6.45) is 2.63. The molecule has 1 atom stereocenters. The van der Waals surface area contributed by atoms with E-state index < -0.39 is 5.60 Å². The van der Waals surface area contributed by atoms with Crippen molar-refractivity contribution in [3.63, 3.8) is 0 Å². The molecule has 0 saturated heterocycles. The Labute approximate surface area is 99.7 Å². The van der Waals surface area contributed by atoms with Crippen molar-refractivity contribution in [1.29, 1.82) is 0 Å². The fourth-order valence-corrected chi connectivity index (χ4v) is 2.03. The Balaban J connectivity index is 2.64. The van der Waals surface area contributed by atoms with Crippen LogP contribution in [0, 0.1) is 3.57 Å². The van der Waals surface area contributed by atoms with E-state index in [-0.39, 0.29) is 0 Å². The van der Waals surface area contributed by atoms with Crippen LogP contribution < -0.4 is 0 Å². The van der Waals surface area contributed by atoms with Gasteiger partial charge < -0.3 is 5.11 Å². The molecule has 0 saturated carbocycles. The molecule has 0 aromatic heterocycles. The van der Waals surface area contributed by atoms with Crippen molar-refractivity contribution in [2.24, 2.45) is 0 Å². The van der Waals surface area contributed by atoms with Gasteiger partial charge in [0.05, 0.1) is 5.60 Å². The van der Waals surface area contributed by atoms with Crippen LogP contribution in [0.15, 0.2) is 24.3 Å². The molecule has 0 aliphatic carbocycles. The van der Waals surface area contributed by atoms with Gasteiger partial charge in [-0.15, -0.1) is 0 Å². The Bertz CT molecular complexity index is 277. The lowest BCUT2D eigenvalue weighted by atomic mass is 9.92.